The molecule has 0 saturated heterocycles. The molecule has 0 aliphatic heterocycles. The highest BCUT2D eigenvalue weighted by molar-refractivity contribution is 7.14. The maximum Gasteiger partial charge on any atom is 0.261 e. The summed E-state index contributed by atoms with van der Waals surface area (Å²) in [5.74, 6) is 0.209. The van der Waals surface area contributed by atoms with Crippen molar-refractivity contribution in [2.45, 2.75) is 39.7 Å². The van der Waals surface area contributed by atoms with Gasteiger partial charge in [-0.25, -0.2) is 0 Å². The molecule has 0 radical (unpaired) electrons. The number of hydrogen-bond donors (Lipinski definition) is 3. The Hall–Kier alpha value is -1.07. The number of rotatable bonds is 5. The summed E-state index contributed by atoms with van der Waals surface area (Å²) in [6, 6.07) is 1.67. The van der Waals surface area contributed by atoms with Crippen LogP contribution in [0.5, 0.6) is 0 Å². The van der Waals surface area contributed by atoms with E-state index in [4.69, 9.17) is 5.73 Å². The Kier molecular flexibility index (Phi) is 4.76. The van der Waals surface area contributed by atoms with Crippen LogP contribution in [-0.2, 0) is 0 Å². The quantitative estimate of drug-likeness (QED) is 0.767. The highest BCUT2D eigenvalue weighted by Gasteiger charge is 2.23. The molecule has 1 aromatic heterocycles. The van der Waals surface area contributed by atoms with Crippen LogP contribution in [0.1, 0.15) is 41.7 Å². The number of nitrogens with two attached hydrogens (primary N) is 1. The SMILES string of the molecule is Cc1sc(C(=O)NCC(C)(O)CC(C)C)cc1N. The van der Waals surface area contributed by atoms with E-state index in [0.29, 0.717) is 22.9 Å². The van der Waals surface area contributed by atoms with Crippen molar-refractivity contribution in [3.63, 3.8) is 0 Å². The summed E-state index contributed by atoms with van der Waals surface area (Å²) in [4.78, 5) is 13.4. The van der Waals surface area contributed by atoms with Crippen LogP contribution >= 0.6 is 11.3 Å². The van der Waals surface area contributed by atoms with Gasteiger partial charge in [0, 0.05) is 17.1 Å². The van der Waals surface area contributed by atoms with E-state index in [9.17, 15) is 9.90 Å². The average Bonchev–Trinajstić information content (AvgIpc) is 2.54. The average molecular weight is 270 g/mol. The number of nitrogens with one attached hydrogen (secondary N) is 1. The Morgan fingerprint density at radius 1 is 1.61 bits per heavy atom. The number of aliphatic hydroxyl groups is 1. The van der Waals surface area contributed by atoms with Crippen LogP contribution in [0.25, 0.3) is 0 Å². The molecule has 18 heavy (non-hydrogen) atoms. The normalized spacial score (nSPS) is 14.6. The van der Waals surface area contributed by atoms with Crippen LogP contribution in [0.3, 0.4) is 0 Å². The second-order valence-electron chi connectivity index (χ2n) is 5.40. The molecule has 0 aromatic carbocycles. The van der Waals surface area contributed by atoms with Crippen molar-refractivity contribution in [2.75, 3.05) is 12.3 Å². The van der Waals surface area contributed by atoms with Crippen molar-refractivity contribution in [1.29, 1.82) is 0 Å². The second-order valence-corrected chi connectivity index (χ2v) is 6.66. The van der Waals surface area contributed by atoms with Crippen molar-refractivity contribution < 1.29 is 9.90 Å². The standard InChI is InChI=1S/C13H22N2O2S/c1-8(2)6-13(4,17)7-15-12(16)11-5-10(14)9(3)18-11/h5,8,17H,6-7,14H2,1-4H3,(H,15,16). The van der Waals surface area contributed by atoms with E-state index in [2.05, 4.69) is 5.32 Å². The predicted molar refractivity (Wildman–Crippen MR) is 75.9 cm³/mol. The maximum absolute atomic E-state index is 11.9. The van der Waals surface area contributed by atoms with Gasteiger partial charge in [-0.2, -0.15) is 0 Å². The fraction of sp³-hybridized carbons (Fsp3) is 0.615. The first-order valence-corrected chi connectivity index (χ1v) is 6.89. The summed E-state index contributed by atoms with van der Waals surface area (Å²) >= 11 is 1.37. The summed E-state index contributed by atoms with van der Waals surface area (Å²) in [5, 5.41) is 12.9. The molecule has 1 aromatic rings. The first kappa shape index (κ1) is 15.0. The Morgan fingerprint density at radius 2 is 2.22 bits per heavy atom. The van der Waals surface area contributed by atoms with Crippen LogP contribution in [0, 0.1) is 12.8 Å². The van der Waals surface area contributed by atoms with E-state index in [1.807, 2.05) is 20.8 Å². The molecule has 1 heterocycles. The lowest BCUT2D eigenvalue weighted by atomic mass is 9.94. The molecule has 1 unspecified atom stereocenters. The van der Waals surface area contributed by atoms with Crippen LogP contribution in [0.2, 0.25) is 0 Å². The summed E-state index contributed by atoms with van der Waals surface area (Å²) in [5.41, 5.74) is 5.47. The van der Waals surface area contributed by atoms with Crippen LogP contribution in [0.15, 0.2) is 6.07 Å². The molecule has 1 rings (SSSR count). The molecule has 0 saturated carbocycles. The van der Waals surface area contributed by atoms with Crippen molar-refractivity contribution in [1.82, 2.24) is 5.32 Å². The molecule has 0 aliphatic carbocycles. The highest BCUT2D eigenvalue weighted by Crippen LogP contribution is 2.23. The lowest BCUT2D eigenvalue weighted by molar-refractivity contribution is 0.0369. The van der Waals surface area contributed by atoms with E-state index in [-0.39, 0.29) is 12.5 Å². The predicted octanol–water partition coefficient (Wildman–Crippen LogP) is 2.17. The van der Waals surface area contributed by atoms with Gasteiger partial charge in [0.05, 0.1) is 10.5 Å². The molecule has 4 nitrogen and oxygen atoms in total. The smallest absolute Gasteiger partial charge is 0.261 e. The number of nitrogen functional groups attached to an aromatic ring is 1. The Labute approximate surface area is 112 Å². The number of thiophene rings is 1. The highest BCUT2D eigenvalue weighted by atomic mass is 32.1. The first-order chi connectivity index (χ1) is 8.21. The molecule has 0 spiro atoms. The molecule has 1 amide bonds. The minimum Gasteiger partial charge on any atom is -0.398 e. The topological polar surface area (TPSA) is 75.3 Å². The van der Waals surface area contributed by atoms with Crippen LogP contribution in [0.4, 0.5) is 5.69 Å². The van der Waals surface area contributed by atoms with Gasteiger partial charge >= 0.3 is 0 Å². The van der Waals surface area contributed by atoms with E-state index in [1.54, 1.807) is 13.0 Å². The number of hydrogen-bond acceptors (Lipinski definition) is 4. The third kappa shape index (κ3) is 4.31. The second kappa shape index (κ2) is 5.71. The van der Waals surface area contributed by atoms with Crippen molar-refractivity contribution >= 4 is 22.9 Å². The Bertz CT molecular complexity index is 405. The van der Waals surface area contributed by atoms with E-state index in [0.717, 1.165) is 4.88 Å². The molecular weight excluding hydrogens is 248 g/mol. The van der Waals surface area contributed by atoms with Gasteiger partial charge in [0.1, 0.15) is 0 Å². The number of anilines is 1. The molecule has 0 bridgehead atoms. The van der Waals surface area contributed by atoms with Gasteiger partial charge in [0.25, 0.3) is 5.91 Å². The Morgan fingerprint density at radius 3 is 2.67 bits per heavy atom. The monoisotopic (exact) mass is 270 g/mol. The van der Waals surface area contributed by atoms with Gasteiger partial charge in [0.2, 0.25) is 0 Å². The number of carbonyl (C=O) groups is 1. The van der Waals surface area contributed by atoms with Gasteiger partial charge in [-0.3, -0.25) is 4.79 Å². The van der Waals surface area contributed by atoms with Crippen molar-refractivity contribution in [3.8, 4) is 0 Å². The zero-order valence-corrected chi connectivity index (χ0v) is 12.2. The first-order valence-electron chi connectivity index (χ1n) is 6.08. The largest absolute Gasteiger partial charge is 0.398 e. The van der Waals surface area contributed by atoms with Crippen molar-refractivity contribution in [3.05, 3.63) is 15.8 Å². The third-order valence-electron chi connectivity index (χ3n) is 2.66. The van der Waals surface area contributed by atoms with E-state index in [1.165, 1.54) is 11.3 Å². The minimum absolute atomic E-state index is 0.177. The summed E-state index contributed by atoms with van der Waals surface area (Å²) in [6.07, 6.45) is 0.652. The van der Waals surface area contributed by atoms with Crippen LogP contribution in [-0.4, -0.2) is 23.2 Å². The summed E-state index contributed by atoms with van der Waals surface area (Å²) in [6.45, 7) is 7.95. The molecule has 5 heteroatoms. The van der Waals surface area contributed by atoms with E-state index >= 15 is 0 Å². The number of amides is 1. The van der Waals surface area contributed by atoms with Crippen molar-refractivity contribution in [2.24, 2.45) is 5.92 Å². The maximum atomic E-state index is 11.9. The number of aryl methyl sites for hydroxylation is 1. The third-order valence-corrected chi connectivity index (χ3v) is 3.72. The molecule has 1 atom stereocenters. The fourth-order valence-electron chi connectivity index (χ4n) is 1.92. The van der Waals surface area contributed by atoms with Gasteiger partial charge in [-0.15, -0.1) is 11.3 Å². The number of carbonyl (C=O) groups excluding carboxylic acids is 1. The van der Waals surface area contributed by atoms with Gasteiger partial charge in [0.15, 0.2) is 0 Å². The molecule has 4 N–H and O–H groups in total. The summed E-state index contributed by atoms with van der Waals surface area (Å²) < 4.78 is 0. The van der Waals surface area contributed by atoms with Crippen LogP contribution < -0.4 is 11.1 Å². The van der Waals surface area contributed by atoms with Gasteiger partial charge in [-0.1, -0.05) is 13.8 Å². The summed E-state index contributed by atoms with van der Waals surface area (Å²) in [7, 11) is 0. The fourth-order valence-corrected chi connectivity index (χ4v) is 2.77. The molecule has 0 fully saturated rings. The minimum atomic E-state index is -0.873. The van der Waals surface area contributed by atoms with Gasteiger partial charge in [-0.05, 0) is 32.3 Å². The Balaban J connectivity index is 2.56. The molecule has 102 valence electrons. The van der Waals surface area contributed by atoms with E-state index < -0.39 is 5.60 Å². The molecular formula is C13H22N2O2S. The lowest BCUT2D eigenvalue weighted by Crippen LogP contribution is -2.41. The lowest BCUT2D eigenvalue weighted by Gasteiger charge is -2.25. The van der Waals surface area contributed by atoms with Gasteiger partial charge < -0.3 is 16.2 Å². The zero-order chi connectivity index (χ0) is 13.9. The molecule has 0 aliphatic rings. The zero-order valence-electron chi connectivity index (χ0n) is 11.4.